The lowest BCUT2D eigenvalue weighted by Crippen LogP contribution is -2.03. The van der Waals surface area contributed by atoms with Crippen molar-refractivity contribution in [1.82, 2.24) is 4.98 Å². The van der Waals surface area contributed by atoms with Gasteiger partial charge >= 0.3 is 5.97 Å². The molecule has 1 aromatic carbocycles. The lowest BCUT2D eigenvalue weighted by atomic mass is 10.1. The second-order valence-electron chi connectivity index (χ2n) is 3.81. The van der Waals surface area contributed by atoms with Crippen molar-refractivity contribution < 1.29 is 19.4 Å². The summed E-state index contributed by atoms with van der Waals surface area (Å²) in [5, 5.41) is 8.97. The Labute approximate surface area is 110 Å². The van der Waals surface area contributed by atoms with Crippen LogP contribution in [0, 0.1) is 0 Å². The molecule has 2 aromatic rings. The highest BCUT2D eigenvalue weighted by Gasteiger charge is 2.09. The number of ether oxygens (including phenoxy) is 2. The van der Waals surface area contributed by atoms with E-state index in [0.717, 1.165) is 0 Å². The molecular weight excluding hydrogens is 246 g/mol. The minimum Gasteiger partial charge on any atom is -0.496 e. The Bertz CT molecular complexity index is 569. The van der Waals surface area contributed by atoms with Crippen molar-refractivity contribution in [2.45, 2.75) is 6.61 Å². The first-order valence-corrected chi connectivity index (χ1v) is 5.63. The molecule has 1 aromatic heterocycles. The highest BCUT2D eigenvalue weighted by Crippen LogP contribution is 2.22. The average molecular weight is 259 g/mol. The summed E-state index contributed by atoms with van der Waals surface area (Å²) in [6, 6.07) is 8.19. The largest absolute Gasteiger partial charge is 0.496 e. The van der Waals surface area contributed by atoms with Crippen LogP contribution in [0.25, 0.3) is 0 Å². The number of hydrogen-bond acceptors (Lipinski definition) is 4. The van der Waals surface area contributed by atoms with Gasteiger partial charge in [-0.15, -0.1) is 0 Å². The van der Waals surface area contributed by atoms with Crippen LogP contribution in [0.5, 0.6) is 11.5 Å². The fourth-order valence-corrected chi connectivity index (χ4v) is 1.62. The molecule has 0 aliphatic heterocycles. The Morgan fingerprint density at radius 1 is 1.37 bits per heavy atom. The molecule has 0 aliphatic rings. The van der Waals surface area contributed by atoms with Crippen molar-refractivity contribution in [2.75, 3.05) is 7.11 Å². The Morgan fingerprint density at radius 2 is 2.21 bits per heavy atom. The van der Waals surface area contributed by atoms with E-state index in [0.29, 0.717) is 17.1 Å². The van der Waals surface area contributed by atoms with Gasteiger partial charge < -0.3 is 14.6 Å². The quantitative estimate of drug-likeness (QED) is 0.892. The molecule has 0 saturated heterocycles. The Morgan fingerprint density at radius 3 is 2.84 bits per heavy atom. The van der Waals surface area contributed by atoms with E-state index in [2.05, 4.69) is 4.98 Å². The lowest BCUT2D eigenvalue weighted by molar-refractivity contribution is 0.0696. The van der Waals surface area contributed by atoms with Crippen LogP contribution >= 0.6 is 0 Å². The zero-order valence-corrected chi connectivity index (χ0v) is 10.4. The molecule has 2 rings (SSSR count). The van der Waals surface area contributed by atoms with Crippen LogP contribution in [-0.2, 0) is 6.61 Å². The number of nitrogens with zero attached hydrogens (tertiary/aromatic N) is 1. The van der Waals surface area contributed by atoms with Gasteiger partial charge in [-0.3, -0.25) is 4.98 Å². The molecule has 0 atom stereocenters. The van der Waals surface area contributed by atoms with E-state index < -0.39 is 5.97 Å². The van der Waals surface area contributed by atoms with E-state index in [-0.39, 0.29) is 12.2 Å². The molecule has 5 nitrogen and oxygen atoms in total. The van der Waals surface area contributed by atoms with Crippen LogP contribution in [0.2, 0.25) is 0 Å². The minimum atomic E-state index is -0.981. The second-order valence-corrected chi connectivity index (χ2v) is 3.81. The van der Waals surface area contributed by atoms with E-state index in [1.807, 2.05) is 0 Å². The molecule has 0 radical (unpaired) electrons. The van der Waals surface area contributed by atoms with Gasteiger partial charge in [-0.05, 0) is 30.3 Å². The zero-order valence-electron chi connectivity index (χ0n) is 10.4. The number of benzene rings is 1. The maximum atomic E-state index is 10.9. The first-order chi connectivity index (χ1) is 9.20. The predicted molar refractivity (Wildman–Crippen MR) is 68.5 cm³/mol. The van der Waals surface area contributed by atoms with Gasteiger partial charge in [-0.1, -0.05) is 0 Å². The first-order valence-electron chi connectivity index (χ1n) is 5.63. The summed E-state index contributed by atoms with van der Waals surface area (Å²) in [7, 11) is 1.53. The summed E-state index contributed by atoms with van der Waals surface area (Å²) < 4.78 is 10.7. The fraction of sp³-hybridized carbons (Fsp3) is 0.143. The summed E-state index contributed by atoms with van der Waals surface area (Å²) in [6.07, 6.45) is 3.24. The summed E-state index contributed by atoms with van der Waals surface area (Å²) in [4.78, 5) is 14.9. The SMILES string of the molecule is COc1ccc(C(=O)O)cc1COc1cccnc1. The number of rotatable bonds is 5. The van der Waals surface area contributed by atoms with Crippen molar-refractivity contribution in [3.63, 3.8) is 0 Å². The molecule has 5 heteroatoms. The number of carboxylic acid groups (broad SMARTS) is 1. The standard InChI is InChI=1S/C14H13NO4/c1-18-13-5-4-10(14(16)17)7-11(13)9-19-12-3-2-6-15-8-12/h2-8H,9H2,1H3,(H,16,17). The zero-order chi connectivity index (χ0) is 13.7. The second kappa shape index (κ2) is 5.86. The number of aromatic carboxylic acids is 1. The number of methoxy groups -OCH3 is 1. The molecule has 19 heavy (non-hydrogen) atoms. The summed E-state index contributed by atoms with van der Waals surface area (Å²) in [5.74, 6) is 0.226. The van der Waals surface area contributed by atoms with Crippen LogP contribution in [0.15, 0.2) is 42.7 Å². The van der Waals surface area contributed by atoms with E-state index in [1.54, 1.807) is 30.6 Å². The maximum absolute atomic E-state index is 10.9. The Kier molecular flexibility index (Phi) is 3.97. The molecule has 0 amide bonds. The summed E-state index contributed by atoms with van der Waals surface area (Å²) in [6.45, 7) is 0.218. The van der Waals surface area contributed by atoms with Crippen LogP contribution in [0.4, 0.5) is 0 Å². The molecular formula is C14H13NO4. The number of pyridine rings is 1. The summed E-state index contributed by atoms with van der Waals surface area (Å²) >= 11 is 0. The monoisotopic (exact) mass is 259 g/mol. The molecule has 0 unspecified atom stereocenters. The number of aromatic nitrogens is 1. The highest BCUT2D eigenvalue weighted by molar-refractivity contribution is 5.88. The van der Waals surface area contributed by atoms with E-state index in [1.165, 1.54) is 19.2 Å². The van der Waals surface area contributed by atoms with E-state index in [4.69, 9.17) is 14.6 Å². The van der Waals surface area contributed by atoms with Gasteiger partial charge in [0.25, 0.3) is 0 Å². The van der Waals surface area contributed by atoms with Crippen molar-refractivity contribution in [3.05, 3.63) is 53.9 Å². The molecule has 0 aliphatic carbocycles. The van der Waals surface area contributed by atoms with Gasteiger partial charge in [0, 0.05) is 11.8 Å². The summed E-state index contributed by atoms with van der Waals surface area (Å²) in [5.41, 5.74) is 0.872. The van der Waals surface area contributed by atoms with Crippen LogP contribution in [0.3, 0.4) is 0 Å². The normalized spacial score (nSPS) is 9.95. The number of carboxylic acids is 1. The average Bonchev–Trinajstić information content (AvgIpc) is 2.45. The smallest absolute Gasteiger partial charge is 0.335 e. The third-order valence-corrected chi connectivity index (χ3v) is 2.56. The first kappa shape index (κ1) is 12.9. The number of carbonyl (C=O) groups is 1. The van der Waals surface area contributed by atoms with E-state index >= 15 is 0 Å². The van der Waals surface area contributed by atoms with Gasteiger partial charge in [-0.25, -0.2) is 4.79 Å². The predicted octanol–water partition coefficient (Wildman–Crippen LogP) is 2.37. The van der Waals surface area contributed by atoms with Crippen molar-refractivity contribution in [2.24, 2.45) is 0 Å². The maximum Gasteiger partial charge on any atom is 0.335 e. The van der Waals surface area contributed by atoms with Crippen LogP contribution in [-0.4, -0.2) is 23.2 Å². The van der Waals surface area contributed by atoms with Crippen LogP contribution in [0.1, 0.15) is 15.9 Å². The van der Waals surface area contributed by atoms with Gasteiger partial charge in [0.2, 0.25) is 0 Å². The van der Waals surface area contributed by atoms with Crippen molar-refractivity contribution in [3.8, 4) is 11.5 Å². The van der Waals surface area contributed by atoms with Gasteiger partial charge in [0.1, 0.15) is 18.1 Å². The Balaban J connectivity index is 2.18. The molecule has 98 valence electrons. The third kappa shape index (κ3) is 3.22. The molecule has 0 spiro atoms. The fourth-order valence-electron chi connectivity index (χ4n) is 1.62. The molecule has 0 saturated carbocycles. The molecule has 1 N–H and O–H groups in total. The molecule has 0 fully saturated rings. The van der Waals surface area contributed by atoms with Crippen molar-refractivity contribution in [1.29, 1.82) is 0 Å². The van der Waals surface area contributed by atoms with Gasteiger partial charge in [-0.2, -0.15) is 0 Å². The lowest BCUT2D eigenvalue weighted by Gasteiger charge is -2.10. The van der Waals surface area contributed by atoms with Crippen molar-refractivity contribution >= 4 is 5.97 Å². The molecule has 0 bridgehead atoms. The third-order valence-electron chi connectivity index (χ3n) is 2.56. The number of hydrogen-bond donors (Lipinski definition) is 1. The Hall–Kier alpha value is -2.56. The van der Waals surface area contributed by atoms with Gasteiger partial charge in [0.15, 0.2) is 0 Å². The minimum absolute atomic E-state index is 0.200. The molecule has 1 heterocycles. The van der Waals surface area contributed by atoms with Crippen LogP contribution < -0.4 is 9.47 Å². The van der Waals surface area contributed by atoms with Gasteiger partial charge in [0.05, 0.1) is 18.9 Å². The highest BCUT2D eigenvalue weighted by atomic mass is 16.5. The topological polar surface area (TPSA) is 68.7 Å². The van der Waals surface area contributed by atoms with E-state index in [9.17, 15) is 4.79 Å².